The number of benzene rings is 1. The number of aryl methyl sites for hydroxylation is 1. The van der Waals surface area contributed by atoms with Crippen LogP contribution in [0.25, 0.3) is 0 Å². The van der Waals surface area contributed by atoms with Crippen LogP contribution in [-0.2, 0) is 32.5 Å². The number of likely N-dealkylation sites (N-methyl/N-ethyl adjacent to an activating group) is 1. The van der Waals surface area contributed by atoms with Gasteiger partial charge in [0, 0.05) is 30.1 Å². The Labute approximate surface area is 193 Å². The summed E-state index contributed by atoms with van der Waals surface area (Å²) in [5, 5.41) is 4.75. The molecule has 1 aromatic heterocycles. The predicted molar refractivity (Wildman–Crippen MR) is 123 cm³/mol. The van der Waals surface area contributed by atoms with Crippen LogP contribution in [-0.4, -0.2) is 68.8 Å². The van der Waals surface area contributed by atoms with Gasteiger partial charge in [-0.05, 0) is 42.5 Å². The third kappa shape index (κ3) is 5.74. The molecule has 0 spiro atoms. The molecule has 2 aromatic rings. The minimum atomic E-state index is -3.75. The molecule has 1 aromatic carbocycles. The van der Waals surface area contributed by atoms with E-state index in [1.165, 1.54) is 15.3 Å². The lowest BCUT2D eigenvalue weighted by molar-refractivity contribution is -0.121. The van der Waals surface area contributed by atoms with Crippen molar-refractivity contribution in [2.45, 2.75) is 31.7 Å². The molecule has 0 bridgehead atoms. The van der Waals surface area contributed by atoms with Gasteiger partial charge in [-0.25, -0.2) is 8.42 Å². The van der Waals surface area contributed by atoms with Crippen molar-refractivity contribution in [2.24, 2.45) is 0 Å². The van der Waals surface area contributed by atoms with Crippen molar-refractivity contribution in [3.63, 3.8) is 0 Å². The van der Waals surface area contributed by atoms with E-state index in [0.717, 1.165) is 4.88 Å². The number of rotatable bonds is 9. The molecule has 0 saturated carbocycles. The van der Waals surface area contributed by atoms with E-state index < -0.39 is 10.0 Å². The summed E-state index contributed by atoms with van der Waals surface area (Å²) in [6, 6.07) is 8.60. The first-order valence-electron chi connectivity index (χ1n) is 10.7. The molecular weight excluding hydrogens is 450 g/mol. The Morgan fingerprint density at radius 1 is 1.19 bits per heavy atom. The van der Waals surface area contributed by atoms with Gasteiger partial charge in [0.2, 0.25) is 15.9 Å². The Bertz CT molecular complexity index is 1030. The van der Waals surface area contributed by atoms with Gasteiger partial charge in [-0.3, -0.25) is 9.59 Å². The summed E-state index contributed by atoms with van der Waals surface area (Å²) in [4.78, 5) is 28.1. The first kappa shape index (κ1) is 24.4. The van der Waals surface area contributed by atoms with Crippen molar-refractivity contribution in [1.29, 1.82) is 0 Å². The minimum Gasteiger partial charge on any atom is -0.379 e. The lowest BCUT2D eigenvalue weighted by Gasteiger charge is -2.27. The molecule has 1 aliphatic rings. The summed E-state index contributed by atoms with van der Waals surface area (Å²) < 4.78 is 33.1. The molecule has 0 radical (unpaired) electrons. The van der Waals surface area contributed by atoms with Crippen molar-refractivity contribution in [2.75, 3.05) is 39.4 Å². The van der Waals surface area contributed by atoms with Crippen molar-refractivity contribution in [1.82, 2.24) is 14.5 Å². The van der Waals surface area contributed by atoms with Crippen LogP contribution >= 0.6 is 11.3 Å². The molecule has 3 rings (SSSR count). The number of nitrogens with one attached hydrogen (secondary N) is 1. The molecule has 0 aliphatic carbocycles. The Kier molecular flexibility index (Phi) is 8.41. The number of carbonyl (C=O) groups excluding carboxylic acids is 2. The normalized spacial score (nSPS) is 14.8. The van der Waals surface area contributed by atoms with E-state index in [1.807, 2.05) is 24.4 Å². The second-order valence-corrected chi connectivity index (χ2v) is 10.3. The van der Waals surface area contributed by atoms with Crippen LogP contribution < -0.4 is 5.32 Å². The molecule has 1 saturated heterocycles. The second-order valence-electron chi connectivity index (χ2n) is 7.37. The monoisotopic (exact) mass is 479 g/mol. The van der Waals surface area contributed by atoms with Gasteiger partial charge in [-0.2, -0.15) is 4.31 Å². The summed E-state index contributed by atoms with van der Waals surface area (Å²) in [6.45, 7) is 5.59. The van der Waals surface area contributed by atoms with E-state index in [4.69, 9.17) is 4.74 Å². The smallest absolute Gasteiger partial charge is 0.254 e. The molecule has 174 valence electrons. The van der Waals surface area contributed by atoms with Crippen molar-refractivity contribution in [3.05, 3.63) is 51.7 Å². The number of amides is 2. The Balaban J connectivity index is 1.77. The number of ether oxygens (including phenoxy) is 1. The molecule has 1 N–H and O–H groups in total. The summed E-state index contributed by atoms with van der Waals surface area (Å²) in [6.07, 6.45) is 0.524. The highest BCUT2D eigenvalue weighted by molar-refractivity contribution is 7.89. The van der Waals surface area contributed by atoms with Gasteiger partial charge in [0.25, 0.3) is 5.91 Å². The molecule has 2 heterocycles. The number of hydrogen-bond acceptors (Lipinski definition) is 6. The fraction of sp³-hybridized carbons (Fsp3) is 0.455. The van der Waals surface area contributed by atoms with Gasteiger partial charge in [-0.15, -0.1) is 11.3 Å². The van der Waals surface area contributed by atoms with Crippen LogP contribution in [0.5, 0.6) is 0 Å². The zero-order valence-electron chi connectivity index (χ0n) is 18.4. The summed E-state index contributed by atoms with van der Waals surface area (Å²) in [5.74, 6) is -0.639. The van der Waals surface area contributed by atoms with Crippen molar-refractivity contribution in [3.8, 4) is 0 Å². The molecular formula is C22H29N3O5S2. The number of thiophene rings is 1. The van der Waals surface area contributed by atoms with Crippen LogP contribution in [0, 0.1) is 0 Å². The first-order valence-corrected chi connectivity index (χ1v) is 13.0. The maximum absolute atomic E-state index is 13.2. The van der Waals surface area contributed by atoms with Gasteiger partial charge in [-0.1, -0.05) is 19.1 Å². The summed E-state index contributed by atoms with van der Waals surface area (Å²) in [7, 11) is -3.75. The number of sulfonamides is 1. The van der Waals surface area contributed by atoms with Crippen LogP contribution in [0.4, 0.5) is 0 Å². The molecule has 0 atom stereocenters. The van der Waals surface area contributed by atoms with E-state index in [9.17, 15) is 18.0 Å². The average Bonchev–Trinajstić information content (AvgIpc) is 3.34. The maximum Gasteiger partial charge on any atom is 0.254 e. The zero-order valence-corrected chi connectivity index (χ0v) is 20.0. The molecule has 2 amide bonds. The first-order chi connectivity index (χ1) is 15.4. The second kappa shape index (κ2) is 11.0. The molecule has 1 aliphatic heterocycles. The topological polar surface area (TPSA) is 96.0 Å². The summed E-state index contributed by atoms with van der Waals surface area (Å²) in [5.41, 5.74) is 0.909. The van der Waals surface area contributed by atoms with Crippen LogP contribution in [0.2, 0.25) is 0 Å². The van der Waals surface area contributed by atoms with Gasteiger partial charge in [0.05, 0.1) is 31.2 Å². The SMILES string of the molecule is CCc1ccc(C(=O)N(CC)CC(=O)NCc2cccs2)cc1S(=O)(=O)N1CCOCC1. The fourth-order valence-electron chi connectivity index (χ4n) is 3.48. The van der Waals surface area contributed by atoms with E-state index >= 15 is 0 Å². The molecule has 0 unspecified atom stereocenters. The fourth-order valence-corrected chi connectivity index (χ4v) is 5.86. The third-order valence-electron chi connectivity index (χ3n) is 5.33. The number of nitrogens with zero attached hydrogens (tertiary/aromatic N) is 2. The van der Waals surface area contributed by atoms with Gasteiger partial charge in [0.15, 0.2) is 0 Å². The predicted octanol–water partition coefficient (Wildman–Crippen LogP) is 2.11. The highest BCUT2D eigenvalue weighted by Crippen LogP contribution is 2.24. The van der Waals surface area contributed by atoms with Crippen LogP contribution in [0.3, 0.4) is 0 Å². The standard InChI is InChI=1S/C22H29N3O5S2/c1-3-17-7-8-18(14-20(17)32(28,29)25-9-11-30-12-10-25)22(27)24(4-2)16-21(26)23-15-19-6-5-13-31-19/h5-8,13-14H,3-4,9-12,15-16H2,1-2H3,(H,23,26). The minimum absolute atomic E-state index is 0.0955. The van der Waals surface area contributed by atoms with E-state index in [2.05, 4.69) is 5.32 Å². The van der Waals surface area contributed by atoms with E-state index in [-0.39, 0.29) is 41.9 Å². The van der Waals surface area contributed by atoms with Gasteiger partial charge >= 0.3 is 0 Å². The molecule has 32 heavy (non-hydrogen) atoms. The quantitative estimate of drug-likeness (QED) is 0.594. The zero-order chi connectivity index (χ0) is 23.1. The lowest BCUT2D eigenvalue weighted by atomic mass is 10.1. The number of morpholine rings is 1. The Hall–Kier alpha value is -2.27. The van der Waals surface area contributed by atoms with Gasteiger partial charge in [0.1, 0.15) is 0 Å². The van der Waals surface area contributed by atoms with Crippen molar-refractivity contribution >= 4 is 33.2 Å². The highest BCUT2D eigenvalue weighted by atomic mass is 32.2. The number of hydrogen-bond donors (Lipinski definition) is 1. The van der Waals surface area contributed by atoms with Gasteiger partial charge < -0.3 is 15.0 Å². The maximum atomic E-state index is 13.2. The Morgan fingerprint density at radius 2 is 1.94 bits per heavy atom. The van der Waals surface area contributed by atoms with Crippen molar-refractivity contribution < 1.29 is 22.7 Å². The lowest BCUT2D eigenvalue weighted by Crippen LogP contribution is -2.41. The van der Waals surface area contributed by atoms with E-state index in [1.54, 1.807) is 30.4 Å². The Morgan fingerprint density at radius 3 is 2.56 bits per heavy atom. The highest BCUT2D eigenvalue weighted by Gasteiger charge is 2.29. The van der Waals surface area contributed by atoms with Crippen LogP contribution in [0.15, 0.2) is 40.6 Å². The third-order valence-corrected chi connectivity index (χ3v) is 8.18. The molecule has 8 nitrogen and oxygen atoms in total. The summed E-state index contributed by atoms with van der Waals surface area (Å²) >= 11 is 1.55. The average molecular weight is 480 g/mol. The largest absolute Gasteiger partial charge is 0.379 e. The number of carbonyl (C=O) groups is 2. The van der Waals surface area contributed by atoms with E-state index in [0.29, 0.717) is 38.3 Å². The molecule has 1 fully saturated rings. The molecule has 10 heteroatoms. The van der Waals surface area contributed by atoms with Crippen LogP contribution in [0.1, 0.15) is 34.6 Å².